The van der Waals surface area contributed by atoms with Gasteiger partial charge < -0.3 is 15.4 Å². The first-order chi connectivity index (χ1) is 20.9. The molecule has 0 bridgehead atoms. The van der Waals surface area contributed by atoms with Gasteiger partial charge in [-0.25, -0.2) is 40.9 Å². The summed E-state index contributed by atoms with van der Waals surface area (Å²) in [5, 5.41) is 6.00. The van der Waals surface area contributed by atoms with Crippen molar-refractivity contribution in [3.05, 3.63) is 90.0 Å². The van der Waals surface area contributed by atoms with Gasteiger partial charge in [0, 0.05) is 43.5 Å². The molecule has 4 aromatic rings. The van der Waals surface area contributed by atoms with Gasteiger partial charge in [-0.15, -0.1) is 12.4 Å². The summed E-state index contributed by atoms with van der Waals surface area (Å²) in [5.74, 6) is -10.2. The molecule has 0 amide bonds. The molecule has 0 spiro atoms. The fraction of sp³-hybridized carbons (Fsp3) is 0.276. The van der Waals surface area contributed by atoms with Gasteiger partial charge in [-0.1, -0.05) is 30.3 Å². The largest absolute Gasteiger partial charge is 0.435 e. The van der Waals surface area contributed by atoms with Gasteiger partial charge in [0.2, 0.25) is 33.6 Å². The molecule has 9 nitrogen and oxygen atoms in total. The summed E-state index contributed by atoms with van der Waals surface area (Å²) in [7, 11) is -4.30. The number of halogens is 6. The van der Waals surface area contributed by atoms with Crippen molar-refractivity contribution in [3.63, 3.8) is 0 Å². The van der Waals surface area contributed by atoms with Crippen LogP contribution in [0.25, 0.3) is 11.3 Å². The minimum absolute atomic E-state index is 0. The van der Waals surface area contributed by atoms with Crippen LogP contribution in [0.5, 0.6) is 11.6 Å². The zero-order chi connectivity index (χ0) is 31.5. The van der Waals surface area contributed by atoms with E-state index >= 15 is 4.39 Å². The number of nitrogens with zero attached hydrogens (tertiary/aromatic N) is 3. The Morgan fingerprint density at radius 3 is 2.49 bits per heavy atom. The summed E-state index contributed by atoms with van der Waals surface area (Å²) in [5.41, 5.74) is -0.406. The van der Waals surface area contributed by atoms with Crippen molar-refractivity contribution in [3.8, 4) is 22.9 Å². The molecule has 240 valence electrons. The van der Waals surface area contributed by atoms with Crippen molar-refractivity contribution in [2.45, 2.75) is 31.1 Å². The predicted molar refractivity (Wildman–Crippen MR) is 161 cm³/mol. The Bertz CT molecular complexity index is 1750. The molecule has 3 N–H and O–H groups in total. The molecule has 0 radical (unpaired) electrons. The van der Waals surface area contributed by atoms with E-state index in [0.29, 0.717) is 18.2 Å². The smallest absolute Gasteiger partial charge is 0.249 e. The third kappa shape index (κ3) is 8.35. The summed E-state index contributed by atoms with van der Waals surface area (Å²) in [4.78, 5) is 12.6. The lowest BCUT2D eigenvalue weighted by Gasteiger charge is -2.33. The third-order valence-electron chi connectivity index (χ3n) is 6.89. The molecule has 0 aliphatic carbocycles. The number of rotatable bonds is 10. The number of ether oxygens (including phenoxy) is 1. The summed E-state index contributed by atoms with van der Waals surface area (Å²) in [6.07, 6.45) is 2.88. The number of sulfonamides is 1. The topological polar surface area (TPSA) is 118 Å². The predicted octanol–water partition coefficient (Wildman–Crippen LogP) is 6.16. The highest BCUT2D eigenvalue weighted by molar-refractivity contribution is 7.91. The molecular formula is C29H28ClF5N6O3S. The van der Waals surface area contributed by atoms with Crippen LogP contribution in [0.15, 0.2) is 67.0 Å². The number of nitrogens with one attached hydrogen (secondary N) is 3. The third-order valence-corrected chi connectivity index (χ3v) is 8.12. The van der Waals surface area contributed by atoms with Crippen LogP contribution in [0.2, 0.25) is 0 Å². The van der Waals surface area contributed by atoms with Gasteiger partial charge in [0.05, 0.1) is 17.0 Å². The molecule has 2 aromatic carbocycles. The molecule has 45 heavy (non-hydrogen) atoms. The minimum atomic E-state index is -4.30. The van der Waals surface area contributed by atoms with E-state index in [9.17, 15) is 26.0 Å². The van der Waals surface area contributed by atoms with E-state index in [4.69, 9.17) is 4.74 Å². The van der Waals surface area contributed by atoms with Gasteiger partial charge >= 0.3 is 0 Å². The first kappa shape index (κ1) is 33.8. The van der Waals surface area contributed by atoms with E-state index in [1.807, 2.05) is 0 Å². The average molecular weight is 671 g/mol. The highest BCUT2D eigenvalue weighted by Crippen LogP contribution is 2.36. The van der Waals surface area contributed by atoms with Crippen molar-refractivity contribution < 1.29 is 35.1 Å². The van der Waals surface area contributed by atoms with Gasteiger partial charge in [0.15, 0.2) is 17.4 Å². The Balaban J connectivity index is 0.00000461. The minimum Gasteiger partial charge on any atom is -0.435 e. The maximum Gasteiger partial charge on any atom is 0.249 e. The quantitative estimate of drug-likeness (QED) is 0.136. The lowest BCUT2D eigenvalue weighted by atomic mass is 9.91. The van der Waals surface area contributed by atoms with Crippen LogP contribution >= 0.6 is 12.4 Å². The van der Waals surface area contributed by atoms with Crippen LogP contribution in [-0.4, -0.2) is 48.4 Å². The van der Waals surface area contributed by atoms with Gasteiger partial charge in [0.1, 0.15) is 5.69 Å². The normalized spacial score (nSPS) is 16.8. The fourth-order valence-electron chi connectivity index (χ4n) is 4.70. The molecule has 5 rings (SSSR count). The first-order valence-corrected chi connectivity index (χ1v) is 15.1. The molecular weight excluding hydrogens is 643 g/mol. The number of piperidine rings is 1. The van der Waals surface area contributed by atoms with Crippen LogP contribution in [0.1, 0.15) is 18.9 Å². The molecule has 2 atom stereocenters. The van der Waals surface area contributed by atoms with E-state index < -0.39 is 56.5 Å². The Labute approximate surface area is 262 Å². The van der Waals surface area contributed by atoms with Crippen molar-refractivity contribution in [1.29, 1.82) is 0 Å². The van der Waals surface area contributed by atoms with Crippen molar-refractivity contribution in [2.24, 2.45) is 5.92 Å². The Kier molecular flexibility index (Phi) is 10.5. The molecule has 16 heteroatoms. The second-order valence-electron chi connectivity index (χ2n) is 10.3. The van der Waals surface area contributed by atoms with Crippen LogP contribution in [0, 0.1) is 23.4 Å². The molecule has 1 aliphatic heterocycles. The number of pyridine rings is 1. The molecule has 1 saturated heterocycles. The van der Waals surface area contributed by atoms with Crippen LogP contribution in [0.3, 0.4) is 0 Å². The van der Waals surface area contributed by atoms with Gasteiger partial charge in [0.25, 0.3) is 0 Å². The lowest BCUT2D eigenvalue weighted by molar-refractivity contribution is -0.0488. The van der Waals surface area contributed by atoms with Crippen LogP contribution < -0.4 is 20.1 Å². The standard InChI is InChI=1S/C29H27F5N6O3S.ClH/c1-29(33,34)18-12-19(15-35-14-18)38-28-37-11-9-22(39-28)20-8-5-10-36-27(20)43-23-13-21(30)26(25(32)24(23)31)40-44(41,42)16-17-6-3-2-4-7-17;/h2-11,13,18-19,35,40H,12,14-16H2,1H3,(H,37,38,39);1H. The first-order valence-electron chi connectivity index (χ1n) is 13.4. The van der Waals surface area contributed by atoms with E-state index in [1.165, 1.54) is 42.7 Å². The van der Waals surface area contributed by atoms with E-state index in [1.54, 1.807) is 22.9 Å². The second kappa shape index (κ2) is 13.9. The summed E-state index contributed by atoms with van der Waals surface area (Å²) in [6.45, 7) is 1.47. The Morgan fingerprint density at radius 1 is 1.00 bits per heavy atom. The Morgan fingerprint density at radius 2 is 1.76 bits per heavy atom. The van der Waals surface area contributed by atoms with Crippen molar-refractivity contribution in [1.82, 2.24) is 20.3 Å². The van der Waals surface area contributed by atoms with Crippen LogP contribution in [0.4, 0.5) is 33.6 Å². The Hall–Kier alpha value is -4.08. The monoisotopic (exact) mass is 670 g/mol. The summed E-state index contributed by atoms with van der Waals surface area (Å²) < 4.78 is 105. The summed E-state index contributed by atoms with van der Waals surface area (Å²) in [6, 6.07) is 12.5. The number of hydrogen-bond donors (Lipinski definition) is 3. The van der Waals surface area contributed by atoms with Crippen molar-refractivity contribution >= 4 is 34.1 Å². The van der Waals surface area contributed by atoms with Gasteiger partial charge in [-0.2, -0.15) is 4.39 Å². The number of anilines is 2. The molecule has 2 aromatic heterocycles. The maximum atomic E-state index is 15.1. The second-order valence-corrected chi connectivity index (χ2v) is 12.0. The number of benzene rings is 2. The van der Waals surface area contributed by atoms with E-state index in [2.05, 4.69) is 25.6 Å². The molecule has 1 fully saturated rings. The summed E-state index contributed by atoms with van der Waals surface area (Å²) >= 11 is 0. The molecule has 0 saturated carbocycles. The molecule has 1 aliphatic rings. The van der Waals surface area contributed by atoms with Crippen LogP contribution in [-0.2, 0) is 15.8 Å². The van der Waals surface area contributed by atoms with Gasteiger partial charge in [-0.3, -0.25) is 4.72 Å². The van der Waals surface area contributed by atoms with E-state index in [0.717, 1.165) is 6.92 Å². The number of hydrogen-bond acceptors (Lipinski definition) is 8. The average Bonchev–Trinajstić information content (AvgIpc) is 2.98. The van der Waals surface area contributed by atoms with Gasteiger partial charge in [-0.05, 0) is 37.1 Å². The zero-order valence-corrected chi connectivity index (χ0v) is 25.2. The highest BCUT2D eigenvalue weighted by atomic mass is 35.5. The molecule has 2 unspecified atom stereocenters. The molecule has 3 heterocycles. The lowest BCUT2D eigenvalue weighted by Crippen LogP contribution is -2.48. The number of alkyl halides is 2. The number of aromatic nitrogens is 3. The highest BCUT2D eigenvalue weighted by Gasteiger charge is 2.38. The van der Waals surface area contributed by atoms with Crippen molar-refractivity contribution in [2.75, 3.05) is 23.1 Å². The maximum absolute atomic E-state index is 15.1. The zero-order valence-electron chi connectivity index (χ0n) is 23.6. The van der Waals surface area contributed by atoms with E-state index in [-0.39, 0.29) is 54.5 Å². The fourth-order valence-corrected chi connectivity index (χ4v) is 5.90. The SMILES string of the molecule is CC(F)(F)C1CNCC(Nc2nccc(-c3cccnc3Oc3cc(F)c(NS(=O)(=O)Cc4ccccc4)c(F)c3F)n2)C1.Cl.